The van der Waals surface area contributed by atoms with Crippen LogP contribution < -0.4 is 5.32 Å². The monoisotopic (exact) mass is 507 g/mol. The number of benzene rings is 2. The standard InChI is InChI=1S/C25H22BrN3O4/c26-14-9-19-20(11-28-24(19)27-10-14)23(31)22(30)12-29-25(32)33-13-21-17-7-3-1-5-15(17)16-6-2-4-8-18(16)21/h1-11,21-23,30-31H,12-13H2,(H,27,28)(H,29,32). The molecule has 7 nitrogen and oxygen atoms in total. The number of fused-ring (bicyclic) bond motifs is 4. The zero-order valence-corrected chi connectivity index (χ0v) is 19.1. The Kier molecular flexibility index (Phi) is 5.88. The van der Waals surface area contributed by atoms with Gasteiger partial charge in [-0.15, -0.1) is 0 Å². The average Bonchev–Trinajstić information content (AvgIpc) is 3.39. The summed E-state index contributed by atoms with van der Waals surface area (Å²) in [5.74, 6) is -0.0455. The van der Waals surface area contributed by atoms with E-state index in [0.29, 0.717) is 16.6 Å². The fourth-order valence-corrected chi connectivity index (χ4v) is 4.73. The summed E-state index contributed by atoms with van der Waals surface area (Å²) in [6, 6.07) is 18.0. The molecular weight excluding hydrogens is 486 g/mol. The van der Waals surface area contributed by atoms with E-state index >= 15 is 0 Å². The number of aliphatic hydroxyl groups is 2. The van der Waals surface area contributed by atoms with Gasteiger partial charge in [0.1, 0.15) is 24.5 Å². The maximum absolute atomic E-state index is 12.3. The molecule has 168 valence electrons. The minimum Gasteiger partial charge on any atom is -0.449 e. The molecule has 5 rings (SSSR count). The number of pyridine rings is 1. The van der Waals surface area contributed by atoms with Crippen molar-refractivity contribution in [2.75, 3.05) is 13.2 Å². The quantitative estimate of drug-likeness (QED) is 0.312. The molecule has 8 heteroatoms. The fourth-order valence-electron chi connectivity index (χ4n) is 4.40. The molecule has 2 aromatic carbocycles. The highest BCUT2D eigenvalue weighted by atomic mass is 79.9. The Morgan fingerprint density at radius 2 is 1.79 bits per heavy atom. The SMILES string of the molecule is O=C(NCC(O)C(O)c1c[nH]c2ncc(Br)cc12)OCC1c2ccccc2-c2ccccc21. The van der Waals surface area contributed by atoms with Crippen molar-refractivity contribution in [2.24, 2.45) is 0 Å². The van der Waals surface area contributed by atoms with Crippen LogP contribution in [0.15, 0.2) is 71.5 Å². The van der Waals surface area contributed by atoms with Gasteiger partial charge in [-0.05, 0) is 44.3 Å². The first-order valence-corrected chi connectivity index (χ1v) is 11.4. The molecule has 0 saturated heterocycles. The van der Waals surface area contributed by atoms with Gasteiger partial charge < -0.3 is 25.3 Å². The van der Waals surface area contributed by atoms with Crippen molar-refractivity contribution in [1.82, 2.24) is 15.3 Å². The van der Waals surface area contributed by atoms with Gasteiger partial charge in [0, 0.05) is 40.3 Å². The molecular formula is C25H22BrN3O4. The third-order valence-electron chi connectivity index (χ3n) is 6.01. The van der Waals surface area contributed by atoms with Gasteiger partial charge in [0.25, 0.3) is 0 Å². The lowest BCUT2D eigenvalue weighted by Crippen LogP contribution is -2.36. The van der Waals surface area contributed by atoms with E-state index in [1.54, 1.807) is 12.4 Å². The second-order valence-electron chi connectivity index (χ2n) is 8.01. The van der Waals surface area contributed by atoms with Crippen LogP contribution in [0.4, 0.5) is 4.79 Å². The number of hydrogen-bond donors (Lipinski definition) is 4. The molecule has 1 aliphatic rings. The number of carbonyl (C=O) groups excluding carboxylic acids is 1. The molecule has 33 heavy (non-hydrogen) atoms. The highest BCUT2D eigenvalue weighted by Crippen LogP contribution is 2.44. The first-order chi connectivity index (χ1) is 16.0. The van der Waals surface area contributed by atoms with Crippen molar-refractivity contribution in [3.63, 3.8) is 0 Å². The smallest absolute Gasteiger partial charge is 0.407 e. The third kappa shape index (κ3) is 4.13. The van der Waals surface area contributed by atoms with Gasteiger partial charge in [0.2, 0.25) is 0 Å². The third-order valence-corrected chi connectivity index (χ3v) is 6.45. The first kappa shape index (κ1) is 21.6. The molecule has 0 radical (unpaired) electrons. The first-order valence-electron chi connectivity index (χ1n) is 10.6. The number of rotatable bonds is 6. The Bertz CT molecular complexity index is 1280. The summed E-state index contributed by atoms with van der Waals surface area (Å²) < 4.78 is 6.24. The van der Waals surface area contributed by atoms with Crippen molar-refractivity contribution < 1.29 is 19.7 Å². The second-order valence-corrected chi connectivity index (χ2v) is 8.93. The Labute approximate surface area is 198 Å². The number of nitrogens with zero attached hydrogens (tertiary/aromatic N) is 1. The Morgan fingerprint density at radius 3 is 2.48 bits per heavy atom. The Balaban J connectivity index is 1.20. The predicted molar refractivity (Wildman–Crippen MR) is 128 cm³/mol. The largest absolute Gasteiger partial charge is 0.449 e. The summed E-state index contributed by atoms with van der Waals surface area (Å²) in [6.45, 7) is 0.0204. The predicted octanol–water partition coefficient (Wildman–Crippen LogP) is 4.26. The van der Waals surface area contributed by atoms with Crippen LogP contribution in [0.5, 0.6) is 0 Å². The lowest BCUT2D eigenvalue weighted by Gasteiger charge is -2.19. The van der Waals surface area contributed by atoms with Gasteiger partial charge in [-0.25, -0.2) is 9.78 Å². The van der Waals surface area contributed by atoms with Crippen molar-refractivity contribution in [2.45, 2.75) is 18.1 Å². The molecule has 2 unspecified atom stereocenters. The van der Waals surface area contributed by atoms with E-state index in [1.807, 2.05) is 30.3 Å². The van der Waals surface area contributed by atoms with Crippen LogP contribution in [-0.4, -0.2) is 45.5 Å². The molecule has 2 aromatic heterocycles. The van der Waals surface area contributed by atoms with E-state index in [0.717, 1.165) is 26.7 Å². The lowest BCUT2D eigenvalue weighted by atomic mass is 9.98. The molecule has 0 saturated carbocycles. The molecule has 4 aromatic rings. The number of amides is 1. The molecule has 4 N–H and O–H groups in total. The number of halogens is 1. The average molecular weight is 508 g/mol. The van der Waals surface area contributed by atoms with Gasteiger partial charge in [-0.2, -0.15) is 0 Å². The van der Waals surface area contributed by atoms with Crippen molar-refractivity contribution >= 4 is 33.1 Å². The number of ether oxygens (including phenoxy) is 1. The topological polar surface area (TPSA) is 107 Å². The van der Waals surface area contributed by atoms with Crippen LogP contribution in [0.25, 0.3) is 22.2 Å². The van der Waals surface area contributed by atoms with Gasteiger partial charge in [0.05, 0.1) is 0 Å². The molecule has 2 heterocycles. The molecule has 1 aliphatic carbocycles. The van der Waals surface area contributed by atoms with E-state index in [-0.39, 0.29) is 19.1 Å². The zero-order chi connectivity index (χ0) is 22.9. The number of aliphatic hydroxyl groups excluding tert-OH is 2. The number of alkyl carbamates (subject to hydrolysis) is 1. The summed E-state index contributed by atoms with van der Waals surface area (Å²) in [6.07, 6.45) is 0.175. The van der Waals surface area contributed by atoms with Crippen LogP contribution in [0.1, 0.15) is 28.7 Å². The van der Waals surface area contributed by atoms with Gasteiger partial charge in [0.15, 0.2) is 0 Å². The minimum absolute atomic E-state index is 0.0455. The van der Waals surface area contributed by atoms with E-state index in [9.17, 15) is 15.0 Å². The summed E-state index contributed by atoms with van der Waals surface area (Å²) in [7, 11) is 0. The van der Waals surface area contributed by atoms with E-state index in [1.165, 1.54) is 0 Å². The molecule has 0 aliphatic heterocycles. The summed E-state index contributed by atoms with van der Waals surface area (Å²) >= 11 is 3.36. The van der Waals surface area contributed by atoms with Crippen LogP contribution in [0.2, 0.25) is 0 Å². The number of hydrogen-bond acceptors (Lipinski definition) is 5. The van der Waals surface area contributed by atoms with E-state index in [4.69, 9.17) is 4.74 Å². The summed E-state index contributed by atoms with van der Waals surface area (Å²) in [5, 5.41) is 24.3. The number of nitrogens with one attached hydrogen (secondary N) is 2. The van der Waals surface area contributed by atoms with Crippen molar-refractivity contribution in [3.8, 4) is 11.1 Å². The molecule has 0 spiro atoms. The van der Waals surface area contributed by atoms with Crippen LogP contribution >= 0.6 is 15.9 Å². The van der Waals surface area contributed by atoms with Crippen molar-refractivity contribution in [3.05, 3.63) is 88.2 Å². The van der Waals surface area contributed by atoms with Crippen molar-refractivity contribution in [1.29, 1.82) is 0 Å². The minimum atomic E-state index is -1.22. The zero-order valence-electron chi connectivity index (χ0n) is 17.5. The highest BCUT2D eigenvalue weighted by molar-refractivity contribution is 9.10. The lowest BCUT2D eigenvalue weighted by molar-refractivity contribution is 0.0194. The highest BCUT2D eigenvalue weighted by Gasteiger charge is 2.29. The van der Waals surface area contributed by atoms with Crippen LogP contribution in [0.3, 0.4) is 0 Å². The summed E-state index contributed by atoms with van der Waals surface area (Å²) in [5.41, 5.74) is 5.66. The van der Waals surface area contributed by atoms with E-state index < -0.39 is 18.3 Å². The van der Waals surface area contributed by atoms with Gasteiger partial charge in [-0.1, -0.05) is 48.5 Å². The normalized spacial score (nSPS) is 14.5. The fraction of sp³-hybridized carbons (Fsp3) is 0.200. The maximum Gasteiger partial charge on any atom is 0.407 e. The second kappa shape index (κ2) is 8.97. The number of carbonyl (C=O) groups is 1. The molecule has 1 amide bonds. The summed E-state index contributed by atoms with van der Waals surface area (Å²) in [4.78, 5) is 19.5. The van der Waals surface area contributed by atoms with Crippen LogP contribution in [-0.2, 0) is 4.74 Å². The van der Waals surface area contributed by atoms with Gasteiger partial charge in [-0.3, -0.25) is 0 Å². The molecule has 0 fully saturated rings. The van der Waals surface area contributed by atoms with Crippen LogP contribution in [0, 0.1) is 0 Å². The number of H-pyrrole nitrogens is 1. The molecule has 2 atom stereocenters. The maximum atomic E-state index is 12.3. The molecule has 0 bridgehead atoms. The van der Waals surface area contributed by atoms with E-state index in [2.05, 4.69) is 55.5 Å². The Morgan fingerprint density at radius 1 is 1.12 bits per heavy atom. The Hall–Kier alpha value is -3.20. The number of aromatic amines is 1. The van der Waals surface area contributed by atoms with Gasteiger partial charge >= 0.3 is 6.09 Å². The number of aromatic nitrogens is 2.